The molecule has 0 fully saturated rings. The van der Waals surface area contributed by atoms with Crippen LogP contribution in [0.15, 0.2) is 42.5 Å². The van der Waals surface area contributed by atoms with Crippen LogP contribution in [0, 0.1) is 0 Å². The summed E-state index contributed by atoms with van der Waals surface area (Å²) in [5.74, 6) is 1.43. The molecule has 0 aliphatic heterocycles. The fourth-order valence-corrected chi connectivity index (χ4v) is 4.30. The third-order valence-corrected chi connectivity index (χ3v) is 5.95. The molecule has 0 saturated heterocycles. The summed E-state index contributed by atoms with van der Waals surface area (Å²) < 4.78 is 5.27. The van der Waals surface area contributed by atoms with E-state index in [4.69, 9.17) is 26.3 Å². The van der Waals surface area contributed by atoms with Crippen LogP contribution in [0.3, 0.4) is 0 Å². The zero-order valence-corrected chi connectivity index (χ0v) is 18.2. The van der Waals surface area contributed by atoms with Crippen LogP contribution in [-0.2, 0) is 19.3 Å². The van der Waals surface area contributed by atoms with Gasteiger partial charge in [0, 0.05) is 12.0 Å². The largest absolute Gasteiger partial charge is 0.497 e. The predicted molar refractivity (Wildman–Crippen MR) is 120 cm³/mol. The second kappa shape index (κ2) is 8.62. The number of methoxy groups -OCH3 is 1. The monoisotopic (exact) mass is 423 g/mol. The van der Waals surface area contributed by atoms with E-state index in [2.05, 4.69) is 31.3 Å². The molecule has 0 spiro atoms. The second-order valence-electron chi connectivity index (χ2n) is 7.46. The zero-order chi connectivity index (χ0) is 21.3. The van der Waals surface area contributed by atoms with Crippen molar-refractivity contribution in [3.63, 3.8) is 0 Å². The van der Waals surface area contributed by atoms with Crippen molar-refractivity contribution in [1.29, 1.82) is 0 Å². The highest BCUT2D eigenvalue weighted by molar-refractivity contribution is 6.33. The Kier molecular flexibility index (Phi) is 5.93. The number of aryl methyl sites for hydroxylation is 2. The average molecular weight is 424 g/mol. The fourth-order valence-electron chi connectivity index (χ4n) is 4.04. The first-order chi connectivity index (χ1) is 14.5. The third kappa shape index (κ3) is 3.75. The minimum atomic E-state index is -0.491. The van der Waals surface area contributed by atoms with E-state index < -0.39 is 6.10 Å². The summed E-state index contributed by atoms with van der Waals surface area (Å²) in [6.45, 7) is 4.11. The van der Waals surface area contributed by atoms with Gasteiger partial charge in [0.1, 0.15) is 11.6 Å². The summed E-state index contributed by atoms with van der Waals surface area (Å²) in [6, 6.07) is 13.5. The number of hydrogen-bond acceptors (Lipinski definition) is 5. The molecular formula is C24H26ClN3O2. The number of aromatic nitrogens is 2. The predicted octanol–water partition coefficient (Wildman–Crippen LogP) is 5.00. The molecular weight excluding hydrogens is 398 g/mol. The van der Waals surface area contributed by atoms with E-state index >= 15 is 0 Å². The number of ether oxygens (including phenoxy) is 1. The maximum Gasteiger partial charge on any atom is 0.148 e. The lowest BCUT2D eigenvalue weighted by molar-refractivity contribution is 0.165. The summed E-state index contributed by atoms with van der Waals surface area (Å²) >= 11 is 6.52. The molecule has 1 heterocycles. The van der Waals surface area contributed by atoms with Crippen molar-refractivity contribution in [2.45, 2.75) is 45.3 Å². The molecule has 0 radical (unpaired) electrons. The Hall–Kier alpha value is -2.63. The lowest BCUT2D eigenvalue weighted by Gasteiger charge is -2.22. The van der Waals surface area contributed by atoms with Gasteiger partial charge >= 0.3 is 0 Å². The van der Waals surface area contributed by atoms with E-state index in [1.165, 1.54) is 5.56 Å². The van der Waals surface area contributed by atoms with Crippen molar-refractivity contribution in [2.75, 3.05) is 12.4 Å². The highest BCUT2D eigenvalue weighted by atomic mass is 35.5. The topological polar surface area (TPSA) is 67.3 Å². The Morgan fingerprint density at radius 3 is 2.57 bits per heavy atom. The molecule has 5 nitrogen and oxygen atoms in total. The Labute approximate surface area is 182 Å². The number of benzene rings is 2. The van der Waals surface area contributed by atoms with E-state index in [0.717, 1.165) is 34.0 Å². The number of nitrogens with one attached hydrogen (secondary N) is 1. The number of hydrogen-bond donors (Lipinski definition) is 2. The van der Waals surface area contributed by atoms with Crippen LogP contribution in [0.2, 0.25) is 5.02 Å². The van der Waals surface area contributed by atoms with Gasteiger partial charge in [0.05, 0.1) is 41.4 Å². The first kappa shape index (κ1) is 20.6. The quantitative estimate of drug-likeness (QED) is 0.584. The maximum absolute atomic E-state index is 10.6. The average Bonchev–Trinajstić information content (AvgIpc) is 3.08. The highest BCUT2D eigenvalue weighted by Crippen LogP contribution is 2.36. The first-order valence-electron chi connectivity index (χ1n) is 10.3. The number of halogens is 1. The fraction of sp³-hybridized carbons (Fsp3) is 0.333. The van der Waals surface area contributed by atoms with Crippen LogP contribution >= 0.6 is 11.6 Å². The molecule has 0 amide bonds. The van der Waals surface area contributed by atoms with Crippen molar-refractivity contribution in [2.24, 2.45) is 0 Å². The van der Waals surface area contributed by atoms with Crippen molar-refractivity contribution in [1.82, 2.24) is 9.97 Å². The Balaban J connectivity index is 1.74. The molecule has 2 N–H and O–H groups in total. The summed E-state index contributed by atoms with van der Waals surface area (Å²) in [4.78, 5) is 9.86. The van der Waals surface area contributed by atoms with Crippen molar-refractivity contribution in [3.8, 4) is 17.0 Å². The van der Waals surface area contributed by atoms with E-state index in [-0.39, 0.29) is 6.04 Å². The second-order valence-corrected chi connectivity index (χ2v) is 7.87. The minimum Gasteiger partial charge on any atom is -0.497 e. The van der Waals surface area contributed by atoms with E-state index in [9.17, 15) is 5.11 Å². The normalized spacial score (nSPS) is 17.6. The summed E-state index contributed by atoms with van der Waals surface area (Å²) in [7, 11) is 1.62. The highest BCUT2D eigenvalue weighted by Gasteiger charge is 2.31. The van der Waals surface area contributed by atoms with E-state index in [1.54, 1.807) is 13.2 Å². The van der Waals surface area contributed by atoms with Crippen LogP contribution in [0.25, 0.3) is 11.3 Å². The van der Waals surface area contributed by atoms with Crippen LogP contribution in [-0.4, -0.2) is 28.3 Å². The molecule has 6 heteroatoms. The Morgan fingerprint density at radius 2 is 1.87 bits per heavy atom. The first-order valence-corrected chi connectivity index (χ1v) is 10.7. The number of anilines is 1. The standard InChI is InChI=1S/C24H26ClN3O2/c1-4-19-22(17-11-10-15(30-3)13-18(17)25)26-20(5-2)24(27-19)28-23-16-9-7-6-8-14(16)12-21(23)29/h6-11,13,21,23,29H,4-5,12H2,1-3H3,(H,27,28)/t21-,23+/m0/s1. The smallest absolute Gasteiger partial charge is 0.148 e. The molecule has 1 aliphatic rings. The number of aliphatic hydroxyl groups is 1. The van der Waals surface area contributed by atoms with Crippen LogP contribution in [0.4, 0.5) is 5.82 Å². The number of nitrogens with zero attached hydrogens (tertiary/aromatic N) is 2. The van der Waals surface area contributed by atoms with Gasteiger partial charge in [-0.2, -0.15) is 0 Å². The Morgan fingerprint density at radius 1 is 1.10 bits per heavy atom. The molecule has 156 valence electrons. The molecule has 0 saturated carbocycles. The van der Waals surface area contributed by atoms with Crippen molar-refractivity contribution in [3.05, 3.63) is 70.0 Å². The molecule has 3 aromatic rings. The molecule has 2 atom stereocenters. The van der Waals surface area contributed by atoms with Gasteiger partial charge in [-0.25, -0.2) is 9.97 Å². The summed E-state index contributed by atoms with van der Waals surface area (Å²) in [5.41, 5.74) is 5.64. The minimum absolute atomic E-state index is 0.194. The van der Waals surface area contributed by atoms with Gasteiger partial charge in [-0.15, -0.1) is 0 Å². The number of fused-ring (bicyclic) bond motifs is 1. The van der Waals surface area contributed by atoms with Crippen LogP contribution < -0.4 is 10.1 Å². The van der Waals surface area contributed by atoms with Crippen molar-refractivity contribution >= 4 is 17.4 Å². The lowest BCUT2D eigenvalue weighted by Crippen LogP contribution is -2.23. The van der Waals surface area contributed by atoms with Gasteiger partial charge in [0.25, 0.3) is 0 Å². The summed E-state index contributed by atoms with van der Waals surface area (Å²) in [6.07, 6.45) is 1.58. The summed E-state index contributed by atoms with van der Waals surface area (Å²) in [5, 5.41) is 14.7. The number of aliphatic hydroxyl groups excluding tert-OH is 1. The van der Waals surface area contributed by atoms with Gasteiger partial charge in [-0.1, -0.05) is 49.7 Å². The van der Waals surface area contributed by atoms with Gasteiger partial charge in [0.15, 0.2) is 0 Å². The molecule has 1 aromatic heterocycles. The van der Waals surface area contributed by atoms with Crippen LogP contribution in [0.5, 0.6) is 5.75 Å². The molecule has 30 heavy (non-hydrogen) atoms. The molecule has 0 bridgehead atoms. The SMILES string of the molecule is CCc1nc(-c2ccc(OC)cc2Cl)c(CC)nc1N[C@@H]1c2ccccc2C[C@@H]1O. The van der Waals surface area contributed by atoms with E-state index in [0.29, 0.717) is 30.0 Å². The van der Waals surface area contributed by atoms with Crippen molar-refractivity contribution < 1.29 is 9.84 Å². The van der Waals surface area contributed by atoms with E-state index in [1.807, 2.05) is 24.3 Å². The van der Waals surface area contributed by atoms with Gasteiger partial charge in [0.2, 0.25) is 0 Å². The van der Waals surface area contributed by atoms with Gasteiger partial charge in [-0.3, -0.25) is 0 Å². The van der Waals surface area contributed by atoms with Crippen LogP contribution in [0.1, 0.15) is 42.4 Å². The third-order valence-electron chi connectivity index (χ3n) is 5.64. The Bertz CT molecular complexity index is 1070. The lowest BCUT2D eigenvalue weighted by atomic mass is 10.1. The zero-order valence-electron chi connectivity index (χ0n) is 17.4. The van der Waals surface area contributed by atoms with Gasteiger partial charge in [-0.05, 0) is 42.2 Å². The molecule has 0 unspecified atom stereocenters. The van der Waals surface area contributed by atoms with Gasteiger partial charge < -0.3 is 15.2 Å². The molecule has 4 rings (SSSR count). The maximum atomic E-state index is 10.6. The molecule has 2 aromatic carbocycles. The molecule has 1 aliphatic carbocycles. The number of rotatable bonds is 6.